The lowest BCUT2D eigenvalue weighted by Gasteiger charge is -2.25. The van der Waals surface area contributed by atoms with E-state index < -0.39 is 5.54 Å². The molecule has 2 rings (SSSR count). The maximum absolute atomic E-state index is 12.3. The maximum atomic E-state index is 12.3. The Morgan fingerprint density at radius 1 is 1.17 bits per heavy atom. The second-order valence-electron chi connectivity index (χ2n) is 5.79. The largest absolute Gasteiger partial charge is 0.348 e. The molecule has 6 nitrogen and oxygen atoms in total. The molecular formula is C17H22N4O2. The fraction of sp³-hybridized carbons (Fsp3) is 0.353. The second-order valence-corrected chi connectivity index (χ2v) is 5.79. The van der Waals surface area contributed by atoms with Gasteiger partial charge in [-0.2, -0.15) is 5.10 Å². The number of carbonyl (C=O) groups excluding carboxylic acids is 2. The number of aryl methyl sites for hydroxylation is 1. The molecule has 0 unspecified atom stereocenters. The Bertz CT molecular complexity index is 677. The Balaban J connectivity index is 1.92. The minimum Gasteiger partial charge on any atom is -0.348 e. The number of rotatable bonds is 6. The summed E-state index contributed by atoms with van der Waals surface area (Å²) in [5.74, 6) is -0.533. The van der Waals surface area contributed by atoms with E-state index in [1.54, 1.807) is 42.8 Å². The smallest absolute Gasteiger partial charge is 0.252 e. The van der Waals surface area contributed by atoms with Gasteiger partial charge in [-0.25, -0.2) is 0 Å². The van der Waals surface area contributed by atoms with E-state index in [0.29, 0.717) is 12.1 Å². The van der Waals surface area contributed by atoms with Gasteiger partial charge in [0, 0.05) is 18.3 Å². The first-order valence-corrected chi connectivity index (χ1v) is 7.60. The third-order valence-electron chi connectivity index (χ3n) is 3.48. The van der Waals surface area contributed by atoms with E-state index in [-0.39, 0.29) is 11.8 Å². The fourth-order valence-corrected chi connectivity index (χ4v) is 2.07. The number of nitrogens with one attached hydrogen (secondary N) is 2. The van der Waals surface area contributed by atoms with Gasteiger partial charge in [0.1, 0.15) is 5.54 Å². The second kappa shape index (κ2) is 7.09. The van der Waals surface area contributed by atoms with Gasteiger partial charge in [0.15, 0.2) is 0 Å². The first kappa shape index (κ1) is 16.7. The molecule has 0 atom stereocenters. The number of hydrogen-bond donors (Lipinski definition) is 2. The van der Waals surface area contributed by atoms with Crippen molar-refractivity contribution in [2.75, 3.05) is 0 Å². The lowest BCUT2D eigenvalue weighted by atomic mass is 10.0. The molecule has 0 bridgehead atoms. The first-order valence-electron chi connectivity index (χ1n) is 7.60. The first-order chi connectivity index (χ1) is 10.9. The summed E-state index contributed by atoms with van der Waals surface area (Å²) >= 11 is 0. The third-order valence-corrected chi connectivity index (χ3v) is 3.48. The Hall–Kier alpha value is -2.63. The number of hydrogen-bond acceptors (Lipinski definition) is 3. The highest BCUT2D eigenvalue weighted by molar-refractivity contribution is 5.98. The average Bonchev–Trinajstić information content (AvgIpc) is 3.01. The van der Waals surface area contributed by atoms with E-state index in [0.717, 1.165) is 12.2 Å². The SMILES string of the molecule is CCn1ccc(CNC(=O)C(C)(C)NC(=O)c2ccccc2)n1. The van der Waals surface area contributed by atoms with Crippen molar-refractivity contribution in [2.24, 2.45) is 0 Å². The Morgan fingerprint density at radius 2 is 1.87 bits per heavy atom. The standard InChI is InChI=1S/C17H22N4O2/c1-4-21-11-10-14(20-21)12-18-16(23)17(2,3)19-15(22)13-8-6-5-7-9-13/h5-11H,4,12H2,1-3H3,(H,18,23)(H,19,22). The van der Waals surface area contributed by atoms with Crippen molar-refractivity contribution < 1.29 is 9.59 Å². The van der Waals surface area contributed by atoms with E-state index in [9.17, 15) is 9.59 Å². The van der Waals surface area contributed by atoms with E-state index in [4.69, 9.17) is 0 Å². The van der Waals surface area contributed by atoms with Crippen LogP contribution < -0.4 is 10.6 Å². The molecule has 2 aromatic rings. The molecule has 6 heteroatoms. The van der Waals surface area contributed by atoms with Crippen LogP contribution in [0.2, 0.25) is 0 Å². The highest BCUT2D eigenvalue weighted by Crippen LogP contribution is 2.07. The van der Waals surface area contributed by atoms with Crippen LogP contribution >= 0.6 is 0 Å². The molecule has 0 aliphatic rings. The number of aromatic nitrogens is 2. The molecule has 0 fully saturated rings. The Labute approximate surface area is 135 Å². The van der Waals surface area contributed by atoms with Gasteiger partial charge in [-0.3, -0.25) is 14.3 Å². The summed E-state index contributed by atoms with van der Waals surface area (Å²) in [7, 11) is 0. The normalized spacial score (nSPS) is 11.1. The molecule has 2 N–H and O–H groups in total. The lowest BCUT2D eigenvalue weighted by molar-refractivity contribution is -0.126. The molecule has 23 heavy (non-hydrogen) atoms. The summed E-state index contributed by atoms with van der Waals surface area (Å²) < 4.78 is 1.80. The van der Waals surface area contributed by atoms with Crippen LogP contribution in [-0.4, -0.2) is 27.1 Å². The Kier molecular flexibility index (Phi) is 5.16. The molecule has 0 aliphatic heterocycles. The van der Waals surface area contributed by atoms with Crippen molar-refractivity contribution in [3.8, 4) is 0 Å². The van der Waals surface area contributed by atoms with Crippen LogP contribution in [0.3, 0.4) is 0 Å². The maximum Gasteiger partial charge on any atom is 0.252 e. The van der Waals surface area contributed by atoms with Crippen molar-refractivity contribution in [3.05, 3.63) is 53.9 Å². The van der Waals surface area contributed by atoms with Crippen LogP contribution in [0.15, 0.2) is 42.6 Å². The average molecular weight is 314 g/mol. The zero-order chi connectivity index (χ0) is 16.9. The highest BCUT2D eigenvalue weighted by atomic mass is 16.2. The van der Waals surface area contributed by atoms with Gasteiger partial charge in [0.2, 0.25) is 5.91 Å². The van der Waals surface area contributed by atoms with Crippen LogP contribution in [0.4, 0.5) is 0 Å². The van der Waals surface area contributed by atoms with E-state index in [2.05, 4.69) is 15.7 Å². The zero-order valence-corrected chi connectivity index (χ0v) is 13.7. The molecule has 122 valence electrons. The molecule has 0 saturated heterocycles. The van der Waals surface area contributed by atoms with Gasteiger partial charge in [0.05, 0.1) is 12.2 Å². The number of benzene rings is 1. The molecule has 0 spiro atoms. The topological polar surface area (TPSA) is 76.0 Å². The molecule has 1 aromatic heterocycles. The summed E-state index contributed by atoms with van der Waals surface area (Å²) in [6, 6.07) is 10.7. The lowest BCUT2D eigenvalue weighted by Crippen LogP contribution is -2.54. The monoisotopic (exact) mass is 314 g/mol. The van der Waals surface area contributed by atoms with Crippen LogP contribution in [0.5, 0.6) is 0 Å². The molecule has 2 amide bonds. The van der Waals surface area contributed by atoms with Crippen LogP contribution in [0.25, 0.3) is 0 Å². The quantitative estimate of drug-likeness (QED) is 0.852. The van der Waals surface area contributed by atoms with Crippen molar-refractivity contribution in [1.82, 2.24) is 20.4 Å². The molecule has 0 saturated carbocycles. The van der Waals surface area contributed by atoms with Crippen LogP contribution in [-0.2, 0) is 17.9 Å². The molecular weight excluding hydrogens is 292 g/mol. The van der Waals surface area contributed by atoms with Crippen LogP contribution in [0, 0.1) is 0 Å². The zero-order valence-electron chi connectivity index (χ0n) is 13.7. The predicted octanol–water partition coefficient (Wildman–Crippen LogP) is 1.73. The summed E-state index contributed by atoms with van der Waals surface area (Å²) in [6.07, 6.45) is 1.86. The number of amides is 2. The molecule has 1 heterocycles. The molecule has 1 aromatic carbocycles. The number of nitrogens with zero attached hydrogens (tertiary/aromatic N) is 2. The van der Waals surface area contributed by atoms with Crippen molar-refractivity contribution in [3.63, 3.8) is 0 Å². The van der Waals surface area contributed by atoms with Gasteiger partial charge in [0.25, 0.3) is 5.91 Å². The molecule has 0 radical (unpaired) electrons. The van der Waals surface area contributed by atoms with Gasteiger partial charge in [-0.15, -0.1) is 0 Å². The predicted molar refractivity (Wildman–Crippen MR) is 87.7 cm³/mol. The van der Waals surface area contributed by atoms with Gasteiger partial charge < -0.3 is 10.6 Å². The van der Waals surface area contributed by atoms with Crippen LogP contribution in [0.1, 0.15) is 36.8 Å². The molecule has 0 aliphatic carbocycles. The summed E-state index contributed by atoms with van der Waals surface area (Å²) in [5.41, 5.74) is 0.292. The summed E-state index contributed by atoms with van der Waals surface area (Å²) in [4.78, 5) is 24.5. The van der Waals surface area contributed by atoms with Crippen molar-refractivity contribution in [2.45, 2.75) is 39.4 Å². The summed E-state index contributed by atoms with van der Waals surface area (Å²) in [6.45, 7) is 6.46. The van der Waals surface area contributed by atoms with E-state index in [1.165, 1.54) is 0 Å². The van der Waals surface area contributed by atoms with Gasteiger partial charge in [-0.1, -0.05) is 18.2 Å². The van der Waals surface area contributed by atoms with E-state index in [1.807, 2.05) is 25.3 Å². The van der Waals surface area contributed by atoms with E-state index >= 15 is 0 Å². The fourth-order valence-electron chi connectivity index (χ4n) is 2.07. The minimum atomic E-state index is -1.01. The highest BCUT2D eigenvalue weighted by Gasteiger charge is 2.29. The van der Waals surface area contributed by atoms with Gasteiger partial charge in [-0.05, 0) is 39.0 Å². The summed E-state index contributed by atoms with van der Waals surface area (Å²) in [5, 5.41) is 9.86. The Morgan fingerprint density at radius 3 is 2.48 bits per heavy atom. The number of carbonyl (C=O) groups is 2. The third kappa shape index (κ3) is 4.42. The van der Waals surface area contributed by atoms with Gasteiger partial charge >= 0.3 is 0 Å². The van der Waals surface area contributed by atoms with Crippen molar-refractivity contribution >= 4 is 11.8 Å². The van der Waals surface area contributed by atoms with Crippen molar-refractivity contribution in [1.29, 1.82) is 0 Å². The minimum absolute atomic E-state index is 0.257.